The fraction of sp³-hybridized carbons (Fsp3) is 0.812. The molecule has 0 aromatic rings. The Bertz CT molecular complexity index is 525. The third kappa shape index (κ3) is 3.69. The average Bonchev–Trinajstić information content (AvgIpc) is 2.76. The van der Waals surface area contributed by atoms with Gasteiger partial charge < -0.3 is 20.2 Å². The molecule has 7 nitrogen and oxygen atoms in total. The number of amides is 2. The van der Waals surface area contributed by atoms with E-state index < -0.39 is 22.8 Å². The predicted molar refractivity (Wildman–Crippen MR) is 92.7 cm³/mol. The number of hydrogen-bond acceptors (Lipinski definition) is 5. The molecule has 2 rings (SSSR count). The summed E-state index contributed by atoms with van der Waals surface area (Å²) in [6.07, 6.45) is 2.55. The number of fused-ring (bicyclic) bond motifs is 1. The Morgan fingerprint density at radius 2 is 2.04 bits per heavy atom. The van der Waals surface area contributed by atoms with Gasteiger partial charge in [0, 0.05) is 17.7 Å². The number of unbranched alkanes of at least 4 members (excludes halogenated alkanes) is 1. The Balaban J connectivity index is 1.86. The number of carbonyl (C=O) groups excluding carboxylic acids is 2. The van der Waals surface area contributed by atoms with Crippen LogP contribution in [0.3, 0.4) is 0 Å². The number of thioether (sulfide) groups is 1. The molecule has 2 heterocycles. The minimum absolute atomic E-state index is 0.159. The average molecular weight is 357 g/mol. The van der Waals surface area contributed by atoms with Crippen LogP contribution in [0.15, 0.2) is 0 Å². The number of rotatable bonds is 8. The molecule has 0 bridgehead atoms. The van der Waals surface area contributed by atoms with Gasteiger partial charge in [-0.15, -0.1) is 11.8 Å². The van der Waals surface area contributed by atoms with Gasteiger partial charge in [0.25, 0.3) is 0 Å². The van der Waals surface area contributed by atoms with Gasteiger partial charge in [-0.05, 0) is 33.9 Å². The lowest BCUT2D eigenvalue weighted by Crippen LogP contribution is -2.70. The van der Waals surface area contributed by atoms with E-state index in [9.17, 15) is 19.5 Å². The smallest absolute Gasteiger partial charge is 0.327 e. The van der Waals surface area contributed by atoms with E-state index in [0.29, 0.717) is 13.0 Å². The molecule has 136 valence electrons. The van der Waals surface area contributed by atoms with Crippen molar-refractivity contribution in [3.63, 3.8) is 0 Å². The first-order valence-electron chi connectivity index (χ1n) is 8.39. The maximum atomic E-state index is 12.3. The minimum Gasteiger partial charge on any atom is -0.480 e. The zero-order valence-electron chi connectivity index (χ0n) is 14.7. The molecule has 24 heavy (non-hydrogen) atoms. The summed E-state index contributed by atoms with van der Waals surface area (Å²) in [7, 11) is 1.98. The van der Waals surface area contributed by atoms with Crippen LogP contribution in [0.4, 0.5) is 0 Å². The molecule has 2 aliphatic heterocycles. The van der Waals surface area contributed by atoms with E-state index in [1.165, 1.54) is 16.7 Å². The van der Waals surface area contributed by atoms with Crippen LogP contribution in [0, 0.1) is 0 Å². The first-order chi connectivity index (χ1) is 11.2. The third-order valence-electron chi connectivity index (χ3n) is 4.61. The lowest BCUT2D eigenvalue weighted by Gasteiger charge is -2.43. The highest BCUT2D eigenvalue weighted by molar-refractivity contribution is 8.01. The topological polar surface area (TPSA) is 90.0 Å². The Kier molecular flexibility index (Phi) is 5.80. The van der Waals surface area contributed by atoms with Crippen molar-refractivity contribution in [1.82, 2.24) is 15.1 Å². The van der Waals surface area contributed by atoms with Crippen LogP contribution in [-0.2, 0) is 14.4 Å². The summed E-state index contributed by atoms with van der Waals surface area (Å²) >= 11 is 1.44. The molecule has 0 aromatic heterocycles. The number of carboxylic acid groups (broad SMARTS) is 1. The lowest BCUT2D eigenvalue weighted by molar-refractivity contribution is -0.161. The monoisotopic (exact) mass is 357 g/mol. The number of hydrogen-bond donors (Lipinski definition) is 2. The standard InChI is InChI=1S/C16H27N3O4S/c1-5-6-8-18(4)9-7-10(20)17-11-13(21)19-12(15(22)23)16(2,3)24-14(11)19/h11-12,14H,5-9H2,1-4H3,(H,17,20)(H,22,23)/t11-,12+,14-/m1/s1. The number of carboxylic acids is 1. The van der Waals surface area contributed by atoms with Crippen LogP contribution in [-0.4, -0.2) is 75.0 Å². The zero-order valence-corrected chi connectivity index (χ0v) is 15.6. The Morgan fingerprint density at radius 1 is 1.38 bits per heavy atom. The number of aliphatic carboxylic acids is 1. The van der Waals surface area contributed by atoms with Crippen LogP contribution in [0.5, 0.6) is 0 Å². The Labute approximate surface area is 147 Å². The molecule has 2 N–H and O–H groups in total. The summed E-state index contributed by atoms with van der Waals surface area (Å²) in [6, 6.07) is -1.44. The van der Waals surface area contributed by atoms with Crippen molar-refractivity contribution in [1.29, 1.82) is 0 Å². The van der Waals surface area contributed by atoms with Crippen molar-refractivity contribution < 1.29 is 19.5 Å². The molecule has 0 saturated carbocycles. The van der Waals surface area contributed by atoms with Gasteiger partial charge in [0.05, 0.1) is 0 Å². The molecule has 0 aromatic carbocycles. The van der Waals surface area contributed by atoms with Gasteiger partial charge in [-0.1, -0.05) is 13.3 Å². The quantitative estimate of drug-likeness (QED) is 0.623. The number of carbonyl (C=O) groups is 3. The highest BCUT2D eigenvalue weighted by atomic mass is 32.2. The van der Waals surface area contributed by atoms with Crippen molar-refractivity contribution in [3.05, 3.63) is 0 Å². The van der Waals surface area contributed by atoms with E-state index in [0.717, 1.165) is 19.4 Å². The van der Waals surface area contributed by atoms with E-state index in [2.05, 4.69) is 17.1 Å². The summed E-state index contributed by atoms with van der Waals surface area (Å²) in [6.45, 7) is 7.37. The second kappa shape index (κ2) is 7.31. The predicted octanol–water partition coefficient (Wildman–Crippen LogP) is 0.740. The van der Waals surface area contributed by atoms with Crippen LogP contribution in [0.1, 0.15) is 40.0 Å². The fourth-order valence-electron chi connectivity index (χ4n) is 3.22. The molecular weight excluding hydrogens is 330 g/mol. The van der Waals surface area contributed by atoms with Gasteiger partial charge in [0.1, 0.15) is 17.5 Å². The SMILES string of the molecule is CCCCN(C)CCC(=O)N[C@@H]1C(=O)N2[C@@H]1SC(C)(C)[C@@H]2C(=O)O. The summed E-state index contributed by atoms with van der Waals surface area (Å²) in [5, 5.41) is 11.9. The van der Waals surface area contributed by atoms with E-state index in [1.807, 2.05) is 20.9 Å². The first kappa shape index (κ1) is 19.1. The maximum Gasteiger partial charge on any atom is 0.327 e. The van der Waals surface area contributed by atoms with Crippen LogP contribution in [0.25, 0.3) is 0 Å². The van der Waals surface area contributed by atoms with Crippen molar-refractivity contribution in [3.8, 4) is 0 Å². The van der Waals surface area contributed by atoms with Crippen LogP contribution in [0.2, 0.25) is 0 Å². The van der Waals surface area contributed by atoms with Gasteiger partial charge in [-0.2, -0.15) is 0 Å². The molecule has 2 aliphatic rings. The number of β-lactam (4-membered cyclic amide) rings is 1. The van der Waals surface area contributed by atoms with Crippen molar-refractivity contribution >= 4 is 29.5 Å². The van der Waals surface area contributed by atoms with E-state index >= 15 is 0 Å². The molecule has 0 spiro atoms. The lowest BCUT2D eigenvalue weighted by atomic mass is 9.96. The summed E-state index contributed by atoms with van der Waals surface area (Å²) in [4.78, 5) is 39.3. The molecule has 0 unspecified atom stereocenters. The second-order valence-corrected chi connectivity index (χ2v) is 8.82. The maximum absolute atomic E-state index is 12.3. The molecular formula is C16H27N3O4S. The van der Waals surface area contributed by atoms with Crippen LogP contribution >= 0.6 is 11.8 Å². The van der Waals surface area contributed by atoms with Gasteiger partial charge >= 0.3 is 5.97 Å². The third-order valence-corrected chi connectivity index (χ3v) is 6.18. The van der Waals surface area contributed by atoms with Crippen molar-refractivity contribution in [2.75, 3.05) is 20.1 Å². The minimum atomic E-state index is -0.995. The molecule has 2 fully saturated rings. The molecule has 8 heteroatoms. The second-order valence-electron chi connectivity index (χ2n) is 7.05. The Hall–Kier alpha value is -1.28. The summed E-state index contributed by atoms with van der Waals surface area (Å²) < 4.78 is -0.563. The highest BCUT2D eigenvalue weighted by Gasteiger charge is 2.64. The molecule has 0 aliphatic carbocycles. The van der Waals surface area contributed by atoms with E-state index in [-0.39, 0.29) is 17.2 Å². The number of nitrogens with zero attached hydrogens (tertiary/aromatic N) is 2. The zero-order chi connectivity index (χ0) is 18.1. The summed E-state index contributed by atoms with van der Waals surface area (Å²) in [5.74, 6) is -1.45. The molecule has 3 atom stereocenters. The van der Waals surface area contributed by atoms with Gasteiger partial charge in [0.15, 0.2) is 0 Å². The molecule has 2 amide bonds. The largest absolute Gasteiger partial charge is 0.480 e. The highest BCUT2D eigenvalue weighted by Crippen LogP contribution is 2.50. The van der Waals surface area contributed by atoms with Gasteiger partial charge in [-0.3, -0.25) is 9.59 Å². The van der Waals surface area contributed by atoms with Gasteiger partial charge in [0.2, 0.25) is 11.8 Å². The summed E-state index contributed by atoms with van der Waals surface area (Å²) in [5.41, 5.74) is 0. The van der Waals surface area contributed by atoms with E-state index in [1.54, 1.807) is 0 Å². The van der Waals surface area contributed by atoms with Crippen molar-refractivity contribution in [2.45, 2.75) is 62.2 Å². The molecule has 2 saturated heterocycles. The first-order valence-corrected chi connectivity index (χ1v) is 9.27. The fourth-order valence-corrected chi connectivity index (χ4v) is 4.85. The van der Waals surface area contributed by atoms with Crippen LogP contribution < -0.4 is 5.32 Å². The normalized spacial score (nSPS) is 27.8. The van der Waals surface area contributed by atoms with Gasteiger partial charge in [-0.25, -0.2) is 4.79 Å². The van der Waals surface area contributed by atoms with Crippen molar-refractivity contribution in [2.24, 2.45) is 0 Å². The Morgan fingerprint density at radius 3 is 2.62 bits per heavy atom. The number of nitrogens with one attached hydrogen (secondary N) is 1. The van der Waals surface area contributed by atoms with E-state index in [4.69, 9.17) is 0 Å². The molecule has 0 radical (unpaired) electrons.